The summed E-state index contributed by atoms with van der Waals surface area (Å²) in [6.45, 7) is 1.50. The van der Waals surface area contributed by atoms with Crippen molar-refractivity contribution in [1.29, 1.82) is 0 Å². The molecule has 1 atom stereocenters. The Bertz CT molecular complexity index is 691. The topological polar surface area (TPSA) is 72.6 Å². The van der Waals surface area contributed by atoms with Crippen molar-refractivity contribution in [2.45, 2.75) is 13.0 Å². The van der Waals surface area contributed by atoms with Crippen molar-refractivity contribution in [3.8, 4) is 11.5 Å². The first kappa shape index (κ1) is 15.2. The lowest BCUT2D eigenvalue weighted by Crippen LogP contribution is -1.98. The van der Waals surface area contributed by atoms with E-state index in [-0.39, 0.29) is 22.2 Å². The van der Waals surface area contributed by atoms with Gasteiger partial charge in [-0.05, 0) is 36.8 Å². The molecule has 0 saturated carbocycles. The van der Waals surface area contributed by atoms with E-state index in [1.54, 1.807) is 0 Å². The second-order valence-corrected chi connectivity index (χ2v) is 4.74. The summed E-state index contributed by atoms with van der Waals surface area (Å²) in [5.74, 6) is -0.477. The zero-order valence-electron chi connectivity index (χ0n) is 10.9. The van der Waals surface area contributed by atoms with Gasteiger partial charge in [0.05, 0.1) is 16.0 Å². The molecule has 0 heterocycles. The fraction of sp³-hybridized carbons (Fsp3) is 0.143. The first-order chi connectivity index (χ1) is 9.88. The van der Waals surface area contributed by atoms with Crippen molar-refractivity contribution in [3.63, 3.8) is 0 Å². The van der Waals surface area contributed by atoms with Crippen LogP contribution in [0.5, 0.6) is 11.5 Å². The molecule has 0 radical (unpaired) electrons. The molecule has 2 aromatic carbocycles. The molecule has 0 aromatic heterocycles. The van der Waals surface area contributed by atoms with Gasteiger partial charge in [0.25, 0.3) is 0 Å². The summed E-state index contributed by atoms with van der Waals surface area (Å²) in [5.41, 5.74) is 0.0769. The minimum Gasteiger partial charge on any atom is -0.449 e. The van der Waals surface area contributed by atoms with Crippen LogP contribution in [-0.4, -0.2) is 10.0 Å². The second-order valence-electron chi connectivity index (χ2n) is 4.34. The van der Waals surface area contributed by atoms with Crippen molar-refractivity contribution in [1.82, 2.24) is 0 Å². The Morgan fingerprint density at radius 1 is 1.29 bits per heavy atom. The molecular formula is C14H11ClFNO4. The Balaban J connectivity index is 2.41. The highest BCUT2D eigenvalue weighted by atomic mass is 35.5. The van der Waals surface area contributed by atoms with Gasteiger partial charge in [0.1, 0.15) is 11.6 Å². The summed E-state index contributed by atoms with van der Waals surface area (Å²) in [7, 11) is 0. The first-order valence-corrected chi connectivity index (χ1v) is 6.35. The maximum Gasteiger partial charge on any atom is 0.311 e. The summed E-state index contributed by atoms with van der Waals surface area (Å²) < 4.78 is 18.3. The predicted molar refractivity (Wildman–Crippen MR) is 75.2 cm³/mol. The number of nitro groups is 1. The van der Waals surface area contributed by atoms with Crippen LogP contribution in [0.25, 0.3) is 0 Å². The molecule has 0 bridgehead atoms. The van der Waals surface area contributed by atoms with E-state index in [0.29, 0.717) is 5.56 Å². The molecular weight excluding hydrogens is 301 g/mol. The number of halogens is 2. The van der Waals surface area contributed by atoms with Crippen LogP contribution in [0.2, 0.25) is 5.02 Å². The number of benzene rings is 2. The highest BCUT2D eigenvalue weighted by Crippen LogP contribution is 2.36. The number of nitro benzene ring substituents is 1. The van der Waals surface area contributed by atoms with Gasteiger partial charge in [-0.1, -0.05) is 17.7 Å². The van der Waals surface area contributed by atoms with Crippen LogP contribution < -0.4 is 4.74 Å². The smallest absolute Gasteiger partial charge is 0.311 e. The van der Waals surface area contributed by atoms with Gasteiger partial charge in [-0.3, -0.25) is 10.1 Å². The summed E-state index contributed by atoms with van der Waals surface area (Å²) in [5, 5.41) is 20.5. The number of hydrogen-bond acceptors (Lipinski definition) is 4. The summed E-state index contributed by atoms with van der Waals surface area (Å²) in [6, 6.07) is 7.55. The molecule has 0 fully saturated rings. The van der Waals surface area contributed by atoms with Crippen molar-refractivity contribution >= 4 is 17.3 Å². The van der Waals surface area contributed by atoms with E-state index in [1.807, 2.05) is 0 Å². The predicted octanol–water partition coefficient (Wildman–Crippen LogP) is 4.23. The minimum atomic E-state index is -0.841. The van der Waals surface area contributed by atoms with E-state index in [0.717, 1.165) is 12.1 Å². The van der Waals surface area contributed by atoms with Gasteiger partial charge < -0.3 is 9.84 Å². The van der Waals surface area contributed by atoms with Gasteiger partial charge in [-0.2, -0.15) is 0 Å². The Kier molecular flexibility index (Phi) is 4.40. The van der Waals surface area contributed by atoms with E-state index >= 15 is 0 Å². The molecule has 5 nitrogen and oxygen atoms in total. The SMILES string of the molecule is C[C@H](O)c1ccc(Oc2ccc(F)cc2Cl)c([N+](=O)[O-])c1. The quantitative estimate of drug-likeness (QED) is 0.677. The van der Waals surface area contributed by atoms with Gasteiger partial charge >= 0.3 is 5.69 Å². The van der Waals surface area contributed by atoms with Crippen molar-refractivity contribution in [2.75, 3.05) is 0 Å². The van der Waals surface area contributed by atoms with Crippen LogP contribution in [0.4, 0.5) is 10.1 Å². The third-order valence-corrected chi connectivity index (χ3v) is 3.07. The van der Waals surface area contributed by atoms with E-state index in [1.165, 1.54) is 31.2 Å². The zero-order valence-corrected chi connectivity index (χ0v) is 11.7. The molecule has 110 valence electrons. The number of aliphatic hydroxyl groups is 1. The molecule has 0 unspecified atom stereocenters. The van der Waals surface area contributed by atoms with E-state index < -0.39 is 16.8 Å². The number of ether oxygens (including phenoxy) is 1. The molecule has 0 spiro atoms. The zero-order chi connectivity index (χ0) is 15.6. The van der Waals surface area contributed by atoms with Gasteiger partial charge in [0.15, 0.2) is 0 Å². The highest BCUT2D eigenvalue weighted by Gasteiger charge is 2.19. The lowest BCUT2D eigenvalue weighted by molar-refractivity contribution is -0.385. The van der Waals surface area contributed by atoms with Crippen LogP contribution in [0.1, 0.15) is 18.6 Å². The summed E-state index contributed by atoms with van der Waals surface area (Å²) in [6.07, 6.45) is -0.841. The van der Waals surface area contributed by atoms with Gasteiger partial charge in [-0.15, -0.1) is 0 Å². The van der Waals surface area contributed by atoms with E-state index in [4.69, 9.17) is 16.3 Å². The molecule has 2 rings (SSSR count). The van der Waals surface area contributed by atoms with Gasteiger partial charge in [-0.25, -0.2) is 4.39 Å². The molecule has 1 N–H and O–H groups in total. The van der Waals surface area contributed by atoms with Crippen molar-refractivity contribution in [2.24, 2.45) is 0 Å². The monoisotopic (exact) mass is 311 g/mol. The Hall–Kier alpha value is -2.18. The van der Waals surface area contributed by atoms with Crippen molar-refractivity contribution in [3.05, 3.63) is 62.9 Å². The molecule has 0 aliphatic heterocycles. The van der Waals surface area contributed by atoms with Crippen LogP contribution in [-0.2, 0) is 0 Å². The van der Waals surface area contributed by atoms with Crippen LogP contribution in [0.3, 0.4) is 0 Å². The number of rotatable bonds is 4. The Morgan fingerprint density at radius 2 is 1.95 bits per heavy atom. The lowest BCUT2D eigenvalue weighted by atomic mass is 10.1. The summed E-state index contributed by atoms with van der Waals surface area (Å²) >= 11 is 5.82. The van der Waals surface area contributed by atoms with E-state index in [9.17, 15) is 19.6 Å². The largest absolute Gasteiger partial charge is 0.449 e. The molecule has 0 aliphatic rings. The second kappa shape index (κ2) is 6.07. The van der Waals surface area contributed by atoms with Crippen molar-refractivity contribution < 1.29 is 19.2 Å². The van der Waals surface area contributed by atoms with Gasteiger partial charge in [0, 0.05) is 6.07 Å². The fourth-order valence-electron chi connectivity index (χ4n) is 1.70. The molecule has 0 aliphatic carbocycles. The normalized spacial score (nSPS) is 12.0. The Labute approximate surface area is 124 Å². The standard InChI is InChI=1S/C14H11ClFNO4/c1-8(18)9-2-4-14(12(6-9)17(19)20)21-13-5-3-10(16)7-11(13)15/h2-8,18H,1H3/t8-/m0/s1. The fourth-order valence-corrected chi connectivity index (χ4v) is 1.91. The Morgan fingerprint density at radius 3 is 2.52 bits per heavy atom. The van der Waals surface area contributed by atoms with Crippen LogP contribution >= 0.6 is 11.6 Å². The summed E-state index contributed by atoms with van der Waals surface area (Å²) in [4.78, 5) is 10.5. The molecule has 2 aromatic rings. The third-order valence-electron chi connectivity index (χ3n) is 2.78. The van der Waals surface area contributed by atoms with Crippen LogP contribution in [0.15, 0.2) is 36.4 Å². The maximum absolute atomic E-state index is 13.0. The first-order valence-electron chi connectivity index (χ1n) is 5.98. The molecule has 0 saturated heterocycles. The highest BCUT2D eigenvalue weighted by molar-refractivity contribution is 6.32. The number of nitrogens with zero attached hydrogens (tertiary/aromatic N) is 1. The molecule has 21 heavy (non-hydrogen) atoms. The third kappa shape index (κ3) is 3.48. The number of aliphatic hydroxyl groups excluding tert-OH is 1. The average molecular weight is 312 g/mol. The van der Waals surface area contributed by atoms with Crippen LogP contribution in [0, 0.1) is 15.9 Å². The van der Waals surface area contributed by atoms with Gasteiger partial charge in [0.2, 0.25) is 5.75 Å². The average Bonchev–Trinajstić information content (AvgIpc) is 2.41. The molecule has 7 heteroatoms. The maximum atomic E-state index is 13.0. The minimum absolute atomic E-state index is 0.00361. The van der Waals surface area contributed by atoms with E-state index in [2.05, 4.69) is 0 Å². The molecule has 0 amide bonds. The lowest BCUT2D eigenvalue weighted by Gasteiger charge is -2.10. The number of hydrogen-bond donors (Lipinski definition) is 1.